The molecule has 0 unspecified atom stereocenters. The smallest absolute Gasteiger partial charge is 0.251 e. The molecule has 7 nitrogen and oxygen atoms in total. The van der Waals surface area contributed by atoms with Crippen LogP contribution < -0.4 is 21.9 Å². The summed E-state index contributed by atoms with van der Waals surface area (Å²) >= 11 is 0. The van der Waals surface area contributed by atoms with Gasteiger partial charge in [-0.25, -0.2) is 0 Å². The molecule has 0 saturated heterocycles. The number of nitrogens with one attached hydrogen (secondary N) is 1. The van der Waals surface area contributed by atoms with Gasteiger partial charge in [0.15, 0.2) is 5.78 Å². The fraction of sp³-hybridized carbons (Fsp3) is 0.685. The topological polar surface area (TPSA) is 142 Å². The van der Waals surface area contributed by atoms with Crippen molar-refractivity contribution in [2.75, 3.05) is 19.6 Å². The third-order valence-electron chi connectivity index (χ3n) is 16.9. The number of aromatic carboxylic acids is 1. The van der Waals surface area contributed by atoms with Gasteiger partial charge in [0.25, 0.3) is 5.91 Å². The van der Waals surface area contributed by atoms with Crippen LogP contribution in [-0.4, -0.2) is 37.3 Å². The number of benzene rings is 5. The summed E-state index contributed by atoms with van der Waals surface area (Å²) in [4.78, 5) is 40.0. The Kier molecular flexibility index (Phi) is 39.9. The minimum absolute atomic E-state index is 0.0218. The van der Waals surface area contributed by atoms with Crippen LogP contribution in [-0.2, 0) is 0 Å². The number of ketones is 1. The molecule has 0 aliphatic carbocycles. The number of carbonyl (C=O) groups is 3. The third kappa shape index (κ3) is 26.4. The van der Waals surface area contributed by atoms with E-state index in [1.54, 1.807) is 6.07 Å². The van der Waals surface area contributed by atoms with E-state index in [0.717, 1.165) is 88.5 Å². The molecular weight excluding hydrogens is 983 g/mol. The number of carboxylic acid groups (broad SMARTS) is 1. The molecule has 0 saturated carbocycles. The Bertz CT molecular complexity index is 2330. The molecule has 0 aliphatic rings. The van der Waals surface area contributed by atoms with Gasteiger partial charge in [0, 0.05) is 35.0 Å². The van der Waals surface area contributed by atoms with Crippen molar-refractivity contribution in [3.05, 3.63) is 70.8 Å². The monoisotopic (exact) mass is 1100 g/mol. The van der Waals surface area contributed by atoms with Gasteiger partial charge in [-0.3, -0.25) is 9.59 Å². The Balaban J connectivity index is 0.000000531. The number of hydrogen-bond acceptors (Lipinski definition) is 4. The molecular formula is C73H120N3O4+. The first kappa shape index (κ1) is 70.2. The van der Waals surface area contributed by atoms with Crippen molar-refractivity contribution < 1.29 is 31.0 Å². The number of quaternary nitrogens is 2. The molecule has 5 aromatic rings. The summed E-state index contributed by atoms with van der Waals surface area (Å²) in [6, 6.07) is 15.3. The lowest BCUT2D eigenvalue weighted by atomic mass is 9.83. The minimum Gasteiger partial charge on any atom is -0.545 e. The summed E-state index contributed by atoms with van der Waals surface area (Å²) in [5.74, 6) is -1.37. The van der Waals surface area contributed by atoms with Gasteiger partial charge in [0.1, 0.15) is 0 Å². The Hall–Kier alpha value is -4.07. The molecule has 0 aliphatic heterocycles. The van der Waals surface area contributed by atoms with Crippen LogP contribution in [0.1, 0.15) is 334 Å². The molecule has 5 aromatic carbocycles. The number of hydrogen-bond donors (Lipinski definition) is 3. The fourth-order valence-electron chi connectivity index (χ4n) is 12.0. The lowest BCUT2D eigenvalue weighted by Crippen LogP contribution is -2.50. The maximum atomic E-state index is 13.8. The van der Waals surface area contributed by atoms with Crippen molar-refractivity contribution in [3.63, 3.8) is 0 Å². The maximum Gasteiger partial charge on any atom is 0.251 e. The lowest BCUT2D eigenvalue weighted by molar-refractivity contribution is -0.368. The van der Waals surface area contributed by atoms with E-state index in [4.69, 9.17) is 0 Å². The first-order chi connectivity index (χ1) is 39.2. The van der Waals surface area contributed by atoms with Crippen LogP contribution in [0.5, 0.6) is 0 Å². The van der Waals surface area contributed by atoms with E-state index in [-0.39, 0.29) is 17.3 Å². The highest BCUT2D eigenvalue weighted by molar-refractivity contribution is 6.37. The summed E-state index contributed by atoms with van der Waals surface area (Å²) in [6.45, 7) is 14.0. The number of rotatable bonds is 46. The van der Waals surface area contributed by atoms with E-state index in [0.29, 0.717) is 29.5 Å². The van der Waals surface area contributed by atoms with Gasteiger partial charge in [-0.15, -0.1) is 0 Å². The van der Waals surface area contributed by atoms with Crippen LogP contribution in [0.3, 0.4) is 0 Å². The number of carboxylic acids is 1. The predicted molar refractivity (Wildman–Crippen MR) is 346 cm³/mol. The minimum atomic E-state index is -1.28. The van der Waals surface area contributed by atoms with Crippen LogP contribution in [0, 0.1) is 6.92 Å². The first-order valence-electron chi connectivity index (χ1n) is 34.0. The normalized spacial score (nSPS) is 11.4. The standard InChI is InChI=1S/C49H65NO4.2C12H27N/c1-4-6-8-10-12-14-16-17-19-21-23-25-43(51)40-31-28-38-36-27-26-35(3)44-41(48(52)50-34-24-22-20-18-15-13-11-9-7-5-2)32-29-37(45(36)44)39-30-33-42(49(53)54)47(40)46(38)39;2*1-2-3-4-5-6-7-8-9-10-11-12-13/h26-33H,4-25,34H2,1-3H3,(H,50,52)(H,53,54);2*2-13H2,1H3/p+1. The molecule has 0 bridgehead atoms. The summed E-state index contributed by atoms with van der Waals surface area (Å²) in [6.07, 6.45) is 54.7. The molecule has 0 aromatic heterocycles. The van der Waals surface area contributed by atoms with Crippen LogP contribution in [0.4, 0.5) is 0 Å². The second-order valence-electron chi connectivity index (χ2n) is 23.9. The first-order valence-corrected chi connectivity index (χ1v) is 34.0. The number of carbonyl (C=O) groups excluding carboxylic acids is 3. The SMILES string of the molecule is CCCCCCCCCCCCCC(=O)c1ccc2c3ccc(C)c4c(C(=O)NCCCCCCCCCCCC)ccc(c5ccc(C(=O)[O-])c1c52)c43.CCCCCCCCCCCC[NH3+].CCCCCCCCCCCC[NH3+]. The molecule has 0 atom stereocenters. The quantitative estimate of drug-likeness (QED) is 0.0154. The van der Waals surface area contributed by atoms with Crippen molar-refractivity contribution in [1.82, 2.24) is 5.32 Å². The van der Waals surface area contributed by atoms with Crippen molar-refractivity contribution in [1.29, 1.82) is 0 Å². The molecule has 450 valence electrons. The molecule has 1 amide bonds. The maximum absolute atomic E-state index is 13.8. The molecule has 0 radical (unpaired) electrons. The van der Waals surface area contributed by atoms with E-state index in [2.05, 4.69) is 50.5 Å². The van der Waals surface area contributed by atoms with Crippen molar-refractivity contribution in [3.8, 4) is 0 Å². The zero-order valence-electron chi connectivity index (χ0n) is 52.5. The number of fused-ring (bicyclic) bond motifs is 2. The largest absolute Gasteiger partial charge is 0.545 e. The molecule has 0 fully saturated rings. The van der Waals surface area contributed by atoms with Crippen molar-refractivity contribution >= 4 is 60.7 Å². The van der Waals surface area contributed by atoms with Gasteiger partial charge < -0.3 is 26.7 Å². The summed E-state index contributed by atoms with van der Waals surface area (Å²) in [7, 11) is 0. The average Bonchev–Trinajstić information content (AvgIpc) is 3.52. The lowest BCUT2D eigenvalue weighted by Gasteiger charge is -2.20. The van der Waals surface area contributed by atoms with E-state index >= 15 is 0 Å². The van der Waals surface area contributed by atoms with E-state index in [1.165, 1.54) is 231 Å². The molecule has 7 heteroatoms. The summed E-state index contributed by atoms with van der Waals surface area (Å²) < 4.78 is 0. The average molecular weight is 1100 g/mol. The second kappa shape index (κ2) is 45.4. The van der Waals surface area contributed by atoms with Crippen LogP contribution >= 0.6 is 0 Å². The highest BCUT2D eigenvalue weighted by Gasteiger charge is 2.23. The Morgan fingerprint density at radius 3 is 1.01 bits per heavy atom. The van der Waals surface area contributed by atoms with Gasteiger partial charge in [-0.1, -0.05) is 295 Å². The summed E-state index contributed by atoms with van der Waals surface area (Å²) in [5.41, 5.74) is 9.89. The van der Waals surface area contributed by atoms with Gasteiger partial charge in [-0.05, 0) is 94.8 Å². The predicted octanol–water partition coefficient (Wildman–Crippen LogP) is 19.2. The van der Waals surface area contributed by atoms with E-state index in [9.17, 15) is 19.5 Å². The highest BCUT2D eigenvalue weighted by atomic mass is 16.4. The van der Waals surface area contributed by atoms with E-state index < -0.39 is 5.97 Å². The van der Waals surface area contributed by atoms with Gasteiger partial charge >= 0.3 is 0 Å². The third-order valence-corrected chi connectivity index (χ3v) is 16.9. The number of unbranched alkanes of at least 4 members (excludes halogenated alkanes) is 37. The van der Waals surface area contributed by atoms with Crippen LogP contribution in [0.15, 0.2) is 48.5 Å². The highest BCUT2D eigenvalue weighted by Crippen LogP contribution is 2.44. The van der Waals surface area contributed by atoms with Crippen LogP contribution in [0.25, 0.3) is 43.1 Å². The molecule has 5 rings (SSSR count). The Morgan fingerprint density at radius 1 is 0.350 bits per heavy atom. The number of amides is 1. The molecule has 7 N–H and O–H groups in total. The Labute approximate surface area is 489 Å². The molecule has 0 spiro atoms. The molecule has 0 heterocycles. The van der Waals surface area contributed by atoms with Gasteiger partial charge in [0.05, 0.1) is 19.1 Å². The van der Waals surface area contributed by atoms with Crippen molar-refractivity contribution in [2.45, 2.75) is 304 Å². The number of Topliss-reactive ketones (excluding diaryl/α,β-unsaturated/α-hetero) is 1. The van der Waals surface area contributed by atoms with Gasteiger partial charge in [0.2, 0.25) is 0 Å². The Morgan fingerprint density at radius 2 is 0.650 bits per heavy atom. The van der Waals surface area contributed by atoms with Crippen LogP contribution in [0.2, 0.25) is 0 Å². The zero-order chi connectivity index (χ0) is 57.8. The van der Waals surface area contributed by atoms with Gasteiger partial charge in [-0.2, -0.15) is 0 Å². The van der Waals surface area contributed by atoms with Crippen molar-refractivity contribution in [2.24, 2.45) is 0 Å². The van der Waals surface area contributed by atoms with E-state index in [1.807, 2.05) is 43.3 Å². The summed E-state index contributed by atoms with van der Waals surface area (Å²) in [5, 5.41) is 22.6. The fourth-order valence-corrected chi connectivity index (χ4v) is 12.0. The molecule has 80 heavy (non-hydrogen) atoms. The number of aryl methyl sites for hydroxylation is 1. The second-order valence-corrected chi connectivity index (χ2v) is 23.9. The zero-order valence-corrected chi connectivity index (χ0v) is 52.5.